The number of benzene rings is 2. The fourth-order valence-corrected chi connectivity index (χ4v) is 2.79. The van der Waals surface area contributed by atoms with Crippen molar-refractivity contribution in [2.24, 2.45) is 0 Å². The number of amides is 2. The van der Waals surface area contributed by atoms with Gasteiger partial charge in [-0.05, 0) is 36.6 Å². The van der Waals surface area contributed by atoms with Crippen LogP contribution in [0.2, 0.25) is 5.02 Å². The highest BCUT2D eigenvalue weighted by Gasteiger charge is 2.25. The zero-order valence-corrected chi connectivity index (χ0v) is 16.0. The molecule has 0 aliphatic heterocycles. The van der Waals surface area contributed by atoms with Gasteiger partial charge in [-0.2, -0.15) is 0 Å². The molecule has 0 bridgehead atoms. The summed E-state index contributed by atoms with van der Waals surface area (Å²) in [5.74, 6) is -0.175. The highest BCUT2D eigenvalue weighted by atomic mass is 35.5. The highest BCUT2D eigenvalue weighted by molar-refractivity contribution is 6.30. The van der Waals surface area contributed by atoms with Crippen molar-refractivity contribution < 1.29 is 9.59 Å². The Kier molecular flexibility index (Phi) is 7.67. The molecule has 2 aromatic carbocycles. The Morgan fingerprint density at radius 2 is 1.69 bits per heavy atom. The van der Waals surface area contributed by atoms with Crippen molar-refractivity contribution >= 4 is 23.4 Å². The van der Waals surface area contributed by atoms with Crippen molar-refractivity contribution in [1.29, 1.82) is 0 Å². The molecule has 0 fully saturated rings. The van der Waals surface area contributed by atoms with Gasteiger partial charge in [0, 0.05) is 24.5 Å². The molecule has 0 aromatic heterocycles. The zero-order valence-electron chi connectivity index (χ0n) is 15.2. The van der Waals surface area contributed by atoms with Crippen LogP contribution in [0.4, 0.5) is 0 Å². The fraction of sp³-hybridized carbons (Fsp3) is 0.333. The number of hydrogen-bond donors (Lipinski definition) is 1. The van der Waals surface area contributed by atoms with Crippen LogP contribution in [0.15, 0.2) is 54.6 Å². The summed E-state index contributed by atoms with van der Waals surface area (Å²) in [4.78, 5) is 26.8. The molecule has 2 rings (SSSR count). The van der Waals surface area contributed by atoms with E-state index in [1.54, 1.807) is 24.0 Å². The van der Waals surface area contributed by atoms with E-state index < -0.39 is 6.04 Å². The van der Waals surface area contributed by atoms with Gasteiger partial charge in [0.1, 0.15) is 6.04 Å². The molecule has 2 amide bonds. The smallest absolute Gasteiger partial charge is 0.242 e. The summed E-state index contributed by atoms with van der Waals surface area (Å²) in [5.41, 5.74) is 1.97. The van der Waals surface area contributed by atoms with E-state index >= 15 is 0 Å². The van der Waals surface area contributed by atoms with Crippen LogP contribution in [0.3, 0.4) is 0 Å². The van der Waals surface area contributed by atoms with Gasteiger partial charge in [-0.3, -0.25) is 9.59 Å². The molecule has 0 radical (unpaired) electrons. The Hall–Kier alpha value is -2.33. The molecule has 0 aliphatic carbocycles. The second-order valence-electron chi connectivity index (χ2n) is 6.28. The summed E-state index contributed by atoms with van der Waals surface area (Å²) in [6, 6.07) is 16.5. The third kappa shape index (κ3) is 5.88. The van der Waals surface area contributed by atoms with Crippen LogP contribution in [-0.2, 0) is 22.7 Å². The summed E-state index contributed by atoms with van der Waals surface area (Å²) in [5, 5.41) is 3.57. The van der Waals surface area contributed by atoms with Crippen LogP contribution in [0.25, 0.3) is 0 Å². The molecule has 0 saturated heterocycles. The second kappa shape index (κ2) is 9.97. The molecular weight excluding hydrogens is 348 g/mol. The minimum absolute atomic E-state index is 0.00880. The Morgan fingerprint density at radius 1 is 1.04 bits per heavy atom. The van der Waals surface area contributed by atoms with Gasteiger partial charge < -0.3 is 10.2 Å². The van der Waals surface area contributed by atoms with Crippen molar-refractivity contribution in [3.05, 3.63) is 70.7 Å². The number of hydrogen-bond acceptors (Lipinski definition) is 2. The SMILES string of the molecule is CCCC(=O)N(Cc1ccccc1)[C@H](C)C(=O)NCc1ccc(Cl)cc1. The lowest BCUT2D eigenvalue weighted by molar-refractivity contribution is -0.140. The van der Waals surface area contributed by atoms with Gasteiger partial charge in [-0.15, -0.1) is 0 Å². The highest BCUT2D eigenvalue weighted by Crippen LogP contribution is 2.13. The van der Waals surface area contributed by atoms with Crippen molar-refractivity contribution in [3.8, 4) is 0 Å². The average molecular weight is 373 g/mol. The maximum Gasteiger partial charge on any atom is 0.242 e. The molecule has 0 spiro atoms. The van der Waals surface area contributed by atoms with Crippen molar-refractivity contribution in [3.63, 3.8) is 0 Å². The molecule has 1 atom stereocenters. The van der Waals surface area contributed by atoms with E-state index in [4.69, 9.17) is 11.6 Å². The lowest BCUT2D eigenvalue weighted by Crippen LogP contribution is -2.47. The van der Waals surface area contributed by atoms with Crippen LogP contribution in [-0.4, -0.2) is 22.8 Å². The monoisotopic (exact) mass is 372 g/mol. The summed E-state index contributed by atoms with van der Waals surface area (Å²) >= 11 is 5.88. The minimum Gasteiger partial charge on any atom is -0.350 e. The van der Waals surface area contributed by atoms with Crippen LogP contribution >= 0.6 is 11.6 Å². The molecule has 1 N–H and O–H groups in total. The first-order valence-corrected chi connectivity index (χ1v) is 9.24. The van der Waals surface area contributed by atoms with Gasteiger partial charge >= 0.3 is 0 Å². The lowest BCUT2D eigenvalue weighted by atomic mass is 10.1. The van der Waals surface area contributed by atoms with Crippen molar-refractivity contribution in [2.75, 3.05) is 0 Å². The first-order chi connectivity index (χ1) is 12.5. The van der Waals surface area contributed by atoms with E-state index in [1.165, 1.54) is 0 Å². The number of rotatable bonds is 8. The number of halogens is 1. The van der Waals surface area contributed by atoms with E-state index in [-0.39, 0.29) is 11.8 Å². The molecule has 0 aliphatic rings. The number of carbonyl (C=O) groups is 2. The van der Waals surface area contributed by atoms with Crippen LogP contribution in [0.5, 0.6) is 0 Å². The minimum atomic E-state index is -0.540. The molecule has 5 heteroatoms. The number of nitrogens with one attached hydrogen (secondary N) is 1. The predicted molar refractivity (Wildman–Crippen MR) is 105 cm³/mol. The fourth-order valence-electron chi connectivity index (χ4n) is 2.66. The lowest BCUT2D eigenvalue weighted by Gasteiger charge is -2.28. The Bertz CT molecular complexity index is 717. The molecule has 2 aromatic rings. The van der Waals surface area contributed by atoms with Crippen LogP contribution in [0, 0.1) is 0 Å². The summed E-state index contributed by atoms with van der Waals surface area (Å²) < 4.78 is 0. The zero-order chi connectivity index (χ0) is 18.9. The number of carbonyl (C=O) groups excluding carboxylic acids is 2. The maximum atomic E-state index is 12.6. The summed E-state index contributed by atoms with van der Waals surface area (Å²) in [6.07, 6.45) is 1.19. The van der Waals surface area contributed by atoms with E-state index in [0.29, 0.717) is 24.5 Å². The Morgan fingerprint density at radius 3 is 2.31 bits per heavy atom. The number of nitrogens with zero attached hydrogens (tertiary/aromatic N) is 1. The molecule has 4 nitrogen and oxygen atoms in total. The maximum absolute atomic E-state index is 12.6. The normalized spacial score (nSPS) is 11.7. The van der Waals surface area contributed by atoms with Crippen molar-refractivity contribution in [2.45, 2.75) is 45.8 Å². The third-order valence-corrected chi connectivity index (χ3v) is 4.46. The third-order valence-electron chi connectivity index (χ3n) is 4.21. The molecular formula is C21H25ClN2O2. The van der Waals surface area contributed by atoms with Gasteiger partial charge in [-0.1, -0.05) is 61.0 Å². The van der Waals surface area contributed by atoms with Gasteiger partial charge in [0.05, 0.1) is 0 Å². The molecule has 0 saturated carbocycles. The van der Waals surface area contributed by atoms with E-state index in [1.807, 2.05) is 49.4 Å². The van der Waals surface area contributed by atoms with E-state index in [2.05, 4.69) is 5.32 Å². The first-order valence-electron chi connectivity index (χ1n) is 8.86. The quantitative estimate of drug-likeness (QED) is 0.755. The topological polar surface area (TPSA) is 49.4 Å². The van der Waals surface area contributed by atoms with Gasteiger partial charge in [-0.25, -0.2) is 0 Å². The van der Waals surface area contributed by atoms with E-state index in [0.717, 1.165) is 17.5 Å². The standard InChI is InChI=1S/C21H25ClN2O2/c1-3-7-20(25)24(15-18-8-5-4-6-9-18)16(2)21(26)23-14-17-10-12-19(22)13-11-17/h4-6,8-13,16H,3,7,14-15H2,1-2H3,(H,23,26)/t16-/m1/s1. The predicted octanol–water partition coefficient (Wildman–Crippen LogP) is 4.17. The van der Waals surface area contributed by atoms with Gasteiger partial charge in [0.2, 0.25) is 11.8 Å². The molecule has 0 unspecified atom stereocenters. The second-order valence-corrected chi connectivity index (χ2v) is 6.71. The largest absolute Gasteiger partial charge is 0.350 e. The summed E-state index contributed by atoms with van der Waals surface area (Å²) in [7, 11) is 0. The summed E-state index contributed by atoms with van der Waals surface area (Å²) in [6.45, 7) is 4.56. The van der Waals surface area contributed by atoms with Crippen molar-refractivity contribution in [1.82, 2.24) is 10.2 Å². The first kappa shape index (κ1) is 20.0. The Balaban J connectivity index is 2.03. The molecule has 26 heavy (non-hydrogen) atoms. The van der Waals surface area contributed by atoms with Gasteiger partial charge in [0.25, 0.3) is 0 Å². The molecule has 138 valence electrons. The van der Waals surface area contributed by atoms with Crippen LogP contribution < -0.4 is 5.32 Å². The molecule has 0 heterocycles. The average Bonchev–Trinajstić information content (AvgIpc) is 2.66. The van der Waals surface area contributed by atoms with Crippen LogP contribution in [0.1, 0.15) is 37.8 Å². The Labute approximate surface area is 160 Å². The van der Waals surface area contributed by atoms with Gasteiger partial charge in [0.15, 0.2) is 0 Å². The van der Waals surface area contributed by atoms with E-state index in [9.17, 15) is 9.59 Å².